The van der Waals surface area contributed by atoms with Crippen LogP contribution in [0.3, 0.4) is 0 Å². The molecule has 1 aliphatic carbocycles. The van der Waals surface area contributed by atoms with Gasteiger partial charge in [0.25, 0.3) is 0 Å². The average Bonchev–Trinajstić information content (AvgIpc) is 2.38. The van der Waals surface area contributed by atoms with Gasteiger partial charge in [0.15, 0.2) is 0 Å². The van der Waals surface area contributed by atoms with Crippen LogP contribution in [0.15, 0.2) is 24.3 Å². The van der Waals surface area contributed by atoms with E-state index in [1.165, 1.54) is 12.8 Å². The molecule has 0 spiro atoms. The van der Waals surface area contributed by atoms with Crippen LogP contribution in [0.1, 0.15) is 49.9 Å². The van der Waals surface area contributed by atoms with E-state index in [1.54, 1.807) is 12.1 Å². The smallest absolute Gasteiger partial charge is 0.337 e. The fourth-order valence-corrected chi connectivity index (χ4v) is 2.93. The molecule has 1 fully saturated rings. The van der Waals surface area contributed by atoms with Gasteiger partial charge in [-0.1, -0.05) is 26.0 Å². The Bertz CT molecular complexity index is 458. The first-order chi connectivity index (χ1) is 8.91. The lowest BCUT2D eigenvalue weighted by atomic mass is 9.75. The summed E-state index contributed by atoms with van der Waals surface area (Å²) in [5.74, 6) is -0.849. The summed E-state index contributed by atoms with van der Waals surface area (Å²) in [7, 11) is 2.02. The molecule has 0 heterocycles. The van der Waals surface area contributed by atoms with Crippen molar-refractivity contribution < 1.29 is 9.90 Å². The lowest BCUT2D eigenvalue weighted by molar-refractivity contribution is 0.0697. The van der Waals surface area contributed by atoms with Crippen LogP contribution in [0.2, 0.25) is 0 Å². The molecule has 0 aliphatic heterocycles. The van der Waals surface area contributed by atoms with Crippen LogP contribution >= 0.6 is 0 Å². The number of hydrogen-bond donors (Lipinski definition) is 1. The third-order valence-corrected chi connectivity index (χ3v) is 4.37. The monoisotopic (exact) mass is 261 g/mol. The number of carboxylic acid groups (broad SMARTS) is 1. The molecule has 1 aromatic carbocycles. The van der Waals surface area contributed by atoms with E-state index in [9.17, 15) is 9.90 Å². The number of carboxylic acids is 1. The highest BCUT2D eigenvalue weighted by molar-refractivity contribution is 5.94. The Morgan fingerprint density at radius 3 is 2.42 bits per heavy atom. The van der Waals surface area contributed by atoms with Crippen LogP contribution in [0, 0.1) is 5.41 Å². The van der Waals surface area contributed by atoms with E-state index < -0.39 is 5.97 Å². The normalized spacial score (nSPS) is 19.1. The van der Waals surface area contributed by atoms with Crippen molar-refractivity contribution in [1.82, 2.24) is 0 Å². The van der Waals surface area contributed by atoms with E-state index in [-0.39, 0.29) is 0 Å². The van der Waals surface area contributed by atoms with E-state index in [4.69, 9.17) is 0 Å². The van der Waals surface area contributed by atoms with Gasteiger partial charge in [-0.3, -0.25) is 0 Å². The Morgan fingerprint density at radius 1 is 1.26 bits per heavy atom. The molecule has 3 heteroatoms. The highest BCUT2D eigenvalue weighted by atomic mass is 16.4. The topological polar surface area (TPSA) is 40.5 Å². The fourth-order valence-electron chi connectivity index (χ4n) is 2.93. The summed E-state index contributed by atoms with van der Waals surface area (Å²) in [6.07, 6.45) is 4.68. The molecule has 0 amide bonds. The summed E-state index contributed by atoms with van der Waals surface area (Å²) in [6.45, 7) is 4.63. The molecule has 0 atom stereocenters. The second-order valence-corrected chi connectivity index (χ2v) is 6.33. The number of carbonyl (C=O) groups is 1. The molecule has 104 valence electrons. The van der Waals surface area contributed by atoms with Gasteiger partial charge in [0.2, 0.25) is 0 Å². The second-order valence-electron chi connectivity index (χ2n) is 6.33. The largest absolute Gasteiger partial charge is 0.478 e. The van der Waals surface area contributed by atoms with Crippen molar-refractivity contribution in [3.05, 3.63) is 29.8 Å². The van der Waals surface area contributed by atoms with Gasteiger partial charge in [-0.05, 0) is 43.2 Å². The van der Waals surface area contributed by atoms with Gasteiger partial charge in [0, 0.05) is 13.1 Å². The summed E-state index contributed by atoms with van der Waals surface area (Å²) < 4.78 is 0. The first kappa shape index (κ1) is 13.9. The molecule has 0 bridgehead atoms. The zero-order valence-electron chi connectivity index (χ0n) is 12.0. The summed E-state index contributed by atoms with van der Waals surface area (Å²) in [5, 5.41) is 9.27. The SMILES string of the molecule is CN(c1ccccc1C(=O)O)C1CCC(C)(C)CC1. The van der Waals surface area contributed by atoms with Crippen molar-refractivity contribution in [2.24, 2.45) is 5.41 Å². The van der Waals surface area contributed by atoms with Gasteiger partial charge in [-0.2, -0.15) is 0 Å². The Labute approximate surface area is 115 Å². The summed E-state index contributed by atoms with van der Waals surface area (Å²) >= 11 is 0. The Hall–Kier alpha value is -1.51. The lowest BCUT2D eigenvalue weighted by Gasteiger charge is -2.39. The van der Waals surface area contributed by atoms with Gasteiger partial charge in [-0.25, -0.2) is 4.79 Å². The van der Waals surface area contributed by atoms with Crippen molar-refractivity contribution in [3.63, 3.8) is 0 Å². The lowest BCUT2D eigenvalue weighted by Crippen LogP contribution is -2.37. The summed E-state index contributed by atoms with van der Waals surface area (Å²) in [6, 6.07) is 7.73. The third-order valence-electron chi connectivity index (χ3n) is 4.37. The predicted molar refractivity (Wildman–Crippen MR) is 77.8 cm³/mol. The zero-order valence-corrected chi connectivity index (χ0v) is 12.0. The molecule has 1 saturated carbocycles. The maximum Gasteiger partial charge on any atom is 0.337 e. The Balaban J connectivity index is 2.17. The average molecular weight is 261 g/mol. The minimum absolute atomic E-state index is 0.398. The molecule has 0 saturated heterocycles. The van der Waals surface area contributed by atoms with Gasteiger partial charge in [0.05, 0.1) is 11.3 Å². The Kier molecular flexibility index (Phi) is 3.83. The molecule has 1 aliphatic rings. The van der Waals surface area contributed by atoms with Crippen molar-refractivity contribution in [2.45, 2.75) is 45.6 Å². The zero-order chi connectivity index (χ0) is 14.0. The van der Waals surface area contributed by atoms with Crippen LogP contribution < -0.4 is 4.90 Å². The quantitative estimate of drug-likeness (QED) is 0.900. The predicted octanol–water partition coefficient (Wildman–Crippen LogP) is 3.79. The molecule has 0 radical (unpaired) electrons. The molecular weight excluding hydrogens is 238 g/mol. The van der Waals surface area contributed by atoms with Gasteiger partial charge in [-0.15, -0.1) is 0 Å². The molecule has 1 aromatic rings. The van der Waals surface area contributed by atoms with E-state index in [0.717, 1.165) is 18.5 Å². The van der Waals surface area contributed by atoms with E-state index in [2.05, 4.69) is 18.7 Å². The maximum atomic E-state index is 11.3. The van der Waals surface area contributed by atoms with Crippen LogP contribution in [0.4, 0.5) is 5.69 Å². The van der Waals surface area contributed by atoms with Gasteiger partial charge < -0.3 is 10.0 Å². The minimum atomic E-state index is -0.849. The Morgan fingerprint density at radius 2 is 1.84 bits per heavy atom. The molecular formula is C16H23NO2. The van der Waals surface area contributed by atoms with Crippen molar-refractivity contribution >= 4 is 11.7 Å². The molecule has 3 nitrogen and oxygen atoms in total. The van der Waals surface area contributed by atoms with Crippen molar-refractivity contribution in [2.75, 3.05) is 11.9 Å². The van der Waals surface area contributed by atoms with Crippen LogP contribution in [0.5, 0.6) is 0 Å². The first-order valence-corrected chi connectivity index (χ1v) is 6.96. The highest BCUT2D eigenvalue weighted by Gasteiger charge is 2.29. The van der Waals surface area contributed by atoms with E-state index in [0.29, 0.717) is 17.0 Å². The molecule has 19 heavy (non-hydrogen) atoms. The first-order valence-electron chi connectivity index (χ1n) is 6.96. The summed E-state index contributed by atoms with van der Waals surface area (Å²) in [5.41, 5.74) is 1.67. The molecule has 0 aromatic heterocycles. The molecule has 2 rings (SSSR count). The number of rotatable bonds is 3. The van der Waals surface area contributed by atoms with E-state index >= 15 is 0 Å². The van der Waals surface area contributed by atoms with Crippen LogP contribution in [-0.2, 0) is 0 Å². The number of aromatic carboxylic acids is 1. The highest BCUT2D eigenvalue weighted by Crippen LogP contribution is 2.38. The molecule has 0 unspecified atom stereocenters. The van der Waals surface area contributed by atoms with Gasteiger partial charge >= 0.3 is 5.97 Å². The maximum absolute atomic E-state index is 11.3. The van der Waals surface area contributed by atoms with Gasteiger partial charge in [0.1, 0.15) is 0 Å². The summed E-state index contributed by atoms with van der Waals surface area (Å²) in [4.78, 5) is 13.4. The number of anilines is 1. The number of para-hydroxylation sites is 1. The fraction of sp³-hybridized carbons (Fsp3) is 0.562. The number of hydrogen-bond acceptors (Lipinski definition) is 2. The van der Waals surface area contributed by atoms with E-state index in [1.807, 2.05) is 19.2 Å². The molecule has 1 N–H and O–H groups in total. The number of benzene rings is 1. The third kappa shape index (κ3) is 3.09. The van der Waals surface area contributed by atoms with Crippen molar-refractivity contribution in [1.29, 1.82) is 0 Å². The minimum Gasteiger partial charge on any atom is -0.478 e. The standard InChI is InChI=1S/C16H23NO2/c1-16(2)10-8-12(9-11-16)17(3)14-7-5-4-6-13(14)15(18)19/h4-7,12H,8-11H2,1-3H3,(H,18,19). The van der Waals surface area contributed by atoms with Crippen molar-refractivity contribution in [3.8, 4) is 0 Å². The number of nitrogens with zero attached hydrogens (tertiary/aromatic N) is 1. The second kappa shape index (κ2) is 5.24. The van der Waals surface area contributed by atoms with Crippen LogP contribution in [0.25, 0.3) is 0 Å². The van der Waals surface area contributed by atoms with Crippen LogP contribution in [-0.4, -0.2) is 24.2 Å².